The highest BCUT2D eigenvalue weighted by atomic mass is 19.1. The van der Waals surface area contributed by atoms with E-state index in [4.69, 9.17) is 15.9 Å². The second-order valence-corrected chi connectivity index (χ2v) is 4.45. The summed E-state index contributed by atoms with van der Waals surface area (Å²) in [6.07, 6.45) is 5.18. The Morgan fingerprint density at radius 1 is 1.16 bits per heavy atom. The molecule has 106 valence electrons. The van der Waals surface area contributed by atoms with Crippen LogP contribution in [0, 0.1) is 17.0 Å². The van der Waals surface area contributed by atoms with E-state index in [1.165, 1.54) is 0 Å². The summed E-state index contributed by atoms with van der Waals surface area (Å²) < 4.78 is 32.3. The third kappa shape index (κ3) is 4.85. The number of unbranched alkanes of at least 4 members (excludes halogenated alkanes) is 4. The summed E-state index contributed by atoms with van der Waals surface area (Å²) in [6.45, 7) is 2.41. The van der Waals surface area contributed by atoms with Gasteiger partial charge in [-0.15, -0.1) is 0 Å². The van der Waals surface area contributed by atoms with E-state index in [2.05, 4.69) is 6.92 Å². The maximum Gasteiger partial charge on any atom is 0.190 e. The Hall–Kier alpha value is -1.65. The Labute approximate surface area is 112 Å². The van der Waals surface area contributed by atoms with Crippen molar-refractivity contribution in [2.75, 3.05) is 6.61 Å². The summed E-state index contributed by atoms with van der Waals surface area (Å²) in [5.41, 5.74) is 5.20. The number of benzene rings is 1. The first-order valence-corrected chi connectivity index (χ1v) is 6.52. The largest absolute Gasteiger partial charge is 0.488 e. The first kappa shape index (κ1) is 15.4. The van der Waals surface area contributed by atoms with Crippen LogP contribution in [0.1, 0.15) is 44.6 Å². The van der Waals surface area contributed by atoms with Gasteiger partial charge in [0.2, 0.25) is 0 Å². The zero-order chi connectivity index (χ0) is 14.3. The molecule has 0 atom stereocenters. The van der Waals surface area contributed by atoms with Crippen LogP contribution in [0.15, 0.2) is 12.1 Å². The summed E-state index contributed by atoms with van der Waals surface area (Å²) in [4.78, 5) is 0. The van der Waals surface area contributed by atoms with E-state index < -0.39 is 11.6 Å². The number of ether oxygens (including phenoxy) is 1. The van der Waals surface area contributed by atoms with Crippen molar-refractivity contribution >= 4 is 5.84 Å². The Balaban J connectivity index is 2.52. The van der Waals surface area contributed by atoms with E-state index in [1.54, 1.807) is 0 Å². The lowest BCUT2D eigenvalue weighted by Crippen LogP contribution is -2.12. The van der Waals surface area contributed by atoms with Crippen molar-refractivity contribution in [2.24, 2.45) is 5.73 Å². The van der Waals surface area contributed by atoms with Gasteiger partial charge in [-0.1, -0.05) is 32.6 Å². The van der Waals surface area contributed by atoms with Crippen molar-refractivity contribution in [3.8, 4) is 5.75 Å². The van der Waals surface area contributed by atoms with Crippen LogP contribution in [-0.2, 0) is 0 Å². The fourth-order valence-corrected chi connectivity index (χ4v) is 1.73. The van der Waals surface area contributed by atoms with Gasteiger partial charge in [-0.05, 0) is 18.6 Å². The van der Waals surface area contributed by atoms with Gasteiger partial charge in [-0.3, -0.25) is 5.41 Å². The standard InChI is InChI=1S/C14H20F2N2O/c1-2-3-4-5-6-7-19-13-11(15)8-10(14(17)18)9-12(13)16/h8-9H,2-7H2,1H3,(H3,17,18). The molecule has 0 fully saturated rings. The van der Waals surface area contributed by atoms with Gasteiger partial charge in [-0.2, -0.15) is 0 Å². The number of nitrogen functional groups attached to an aromatic ring is 1. The summed E-state index contributed by atoms with van der Waals surface area (Å²) >= 11 is 0. The van der Waals surface area contributed by atoms with Crippen molar-refractivity contribution in [2.45, 2.75) is 39.0 Å². The molecule has 1 aromatic rings. The molecule has 0 bridgehead atoms. The number of rotatable bonds is 8. The predicted octanol–water partition coefficient (Wildman–Crippen LogP) is 3.60. The molecule has 0 amide bonds. The van der Waals surface area contributed by atoms with Crippen molar-refractivity contribution in [1.82, 2.24) is 0 Å². The summed E-state index contributed by atoms with van der Waals surface area (Å²) in [5, 5.41) is 7.14. The lowest BCUT2D eigenvalue weighted by molar-refractivity contribution is 0.275. The molecule has 3 N–H and O–H groups in total. The summed E-state index contributed by atoms with van der Waals surface area (Å²) in [6, 6.07) is 2.02. The SMILES string of the molecule is CCCCCCCOc1c(F)cc(C(=N)N)cc1F. The van der Waals surface area contributed by atoms with Gasteiger partial charge in [0, 0.05) is 5.56 Å². The number of amidine groups is 1. The molecule has 0 aromatic heterocycles. The van der Waals surface area contributed by atoms with Crippen LogP contribution >= 0.6 is 0 Å². The molecule has 3 nitrogen and oxygen atoms in total. The van der Waals surface area contributed by atoms with Crippen LogP contribution in [0.3, 0.4) is 0 Å². The average molecular weight is 270 g/mol. The van der Waals surface area contributed by atoms with Crippen molar-refractivity contribution in [3.63, 3.8) is 0 Å². The van der Waals surface area contributed by atoms with E-state index >= 15 is 0 Å². The fraction of sp³-hybridized carbons (Fsp3) is 0.500. The molecule has 1 aromatic carbocycles. The van der Waals surface area contributed by atoms with E-state index in [0.29, 0.717) is 0 Å². The van der Waals surface area contributed by atoms with E-state index in [-0.39, 0.29) is 23.8 Å². The zero-order valence-electron chi connectivity index (χ0n) is 11.1. The topological polar surface area (TPSA) is 59.1 Å². The van der Waals surface area contributed by atoms with Gasteiger partial charge >= 0.3 is 0 Å². The summed E-state index contributed by atoms with van der Waals surface area (Å²) in [7, 11) is 0. The van der Waals surface area contributed by atoms with Gasteiger partial charge in [0.1, 0.15) is 5.84 Å². The highest BCUT2D eigenvalue weighted by Gasteiger charge is 2.13. The van der Waals surface area contributed by atoms with Crippen LogP contribution in [0.5, 0.6) is 5.75 Å². The van der Waals surface area contributed by atoms with Gasteiger partial charge < -0.3 is 10.5 Å². The molecule has 0 heterocycles. The molecule has 0 aliphatic heterocycles. The lowest BCUT2D eigenvalue weighted by atomic mass is 10.1. The zero-order valence-corrected chi connectivity index (χ0v) is 11.1. The quantitative estimate of drug-likeness (QED) is 0.431. The molecule has 1 rings (SSSR count). The second kappa shape index (κ2) is 7.71. The van der Waals surface area contributed by atoms with Crippen LogP contribution < -0.4 is 10.5 Å². The molecule has 0 saturated carbocycles. The molecule has 0 aliphatic carbocycles. The molecule has 0 saturated heterocycles. The van der Waals surface area contributed by atoms with Gasteiger partial charge in [0.05, 0.1) is 6.61 Å². The minimum absolute atomic E-state index is 0.0188. The highest BCUT2D eigenvalue weighted by Crippen LogP contribution is 2.23. The summed E-state index contributed by atoms with van der Waals surface area (Å²) in [5.74, 6) is -2.40. The van der Waals surface area contributed by atoms with Crippen LogP contribution in [0.4, 0.5) is 8.78 Å². The first-order chi connectivity index (χ1) is 9.06. The van der Waals surface area contributed by atoms with Crippen LogP contribution in [0.2, 0.25) is 0 Å². The number of hydrogen-bond donors (Lipinski definition) is 2. The fourth-order valence-electron chi connectivity index (χ4n) is 1.73. The number of nitrogens with two attached hydrogens (primary N) is 1. The van der Waals surface area contributed by atoms with E-state index in [9.17, 15) is 8.78 Å². The minimum atomic E-state index is -0.821. The van der Waals surface area contributed by atoms with Crippen LogP contribution in [0.25, 0.3) is 0 Å². The monoisotopic (exact) mass is 270 g/mol. The van der Waals surface area contributed by atoms with Crippen molar-refractivity contribution < 1.29 is 13.5 Å². The second-order valence-electron chi connectivity index (χ2n) is 4.45. The molecular formula is C14H20F2N2O. The maximum atomic E-state index is 13.6. The van der Waals surface area contributed by atoms with Gasteiger partial charge in [-0.25, -0.2) is 8.78 Å². The van der Waals surface area contributed by atoms with Crippen molar-refractivity contribution in [3.05, 3.63) is 29.3 Å². The van der Waals surface area contributed by atoms with Crippen LogP contribution in [-0.4, -0.2) is 12.4 Å². The highest BCUT2D eigenvalue weighted by molar-refractivity contribution is 5.95. The van der Waals surface area contributed by atoms with E-state index in [1.807, 2.05) is 0 Å². The molecule has 0 radical (unpaired) electrons. The molecule has 0 aliphatic rings. The van der Waals surface area contributed by atoms with Gasteiger partial charge in [0.15, 0.2) is 17.4 Å². The molecule has 0 unspecified atom stereocenters. The predicted molar refractivity (Wildman–Crippen MR) is 71.6 cm³/mol. The normalized spacial score (nSPS) is 10.5. The molecule has 19 heavy (non-hydrogen) atoms. The van der Waals surface area contributed by atoms with E-state index in [0.717, 1.165) is 44.2 Å². The molecular weight excluding hydrogens is 250 g/mol. The third-order valence-electron chi connectivity index (χ3n) is 2.80. The Kier molecular flexibility index (Phi) is 6.25. The smallest absolute Gasteiger partial charge is 0.190 e. The molecule has 0 spiro atoms. The number of halogens is 2. The molecule has 5 heteroatoms. The minimum Gasteiger partial charge on any atom is -0.488 e. The number of nitrogens with one attached hydrogen (secondary N) is 1. The maximum absolute atomic E-state index is 13.6. The third-order valence-corrected chi connectivity index (χ3v) is 2.80. The van der Waals surface area contributed by atoms with Crippen molar-refractivity contribution in [1.29, 1.82) is 5.41 Å². The number of hydrogen-bond acceptors (Lipinski definition) is 2. The van der Waals surface area contributed by atoms with Gasteiger partial charge in [0.25, 0.3) is 0 Å². The Morgan fingerprint density at radius 2 is 1.74 bits per heavy atom. The Bertz CT molecular complexity index is 412. The first-order valence-electron chi connectivity index (χ1n) is 6.52. The lowest BCUT2D eigenvalue weighted by Gasteiger charge is -2.09. The Morgan fingerprint density at radius 3 is 2.26 bits per heavy atom. The average Bonchev–Trinajstić information content (AvgIpc) is 2.35.